The smallest absolute Gasteiger partial charge is 0.306 e. The fourth-order valence-corrected chi connectivity index (χ4v) is 1.31. The number of ether oxygens (including phenoxy) is 2. The van der Waals surface area contributed by atoms with E-state index in [2.05, 4.69) is 16.6 Å². The van der Waals surface area contributed by atoms with Crippen molar-refractivity contribution in [3.63, 3.8) is 0 Å². The SMILES string of the molecule is COC(=O)CCC#CC(O)c1ccc(OC)cc1. The molecule has 1 unspecified atom stereocenters. The van der Waals surface area contributed by atoms with E-state index in [1.807, 2.05) is 0 Å². The summed E-state index contributed by atoms with van der Waals surface area (Å²) in [6, 6.07) is 7.01. The molecule has 0 bridgehead atoms. The number of aliphatic hydroxyl groups excluding tert-OH is 1. The van der Waals surface area contributed by atoms with Crippen LogP contribution in [0.15, 0.2) is 24.3 Å². The van der Waals surface area contributed by atoms with Gasteiger partial charge >= 0.3 is 5.97 Å². The molecule has 0 saturated carbocycles. The van der Waals surface area contributed by atoms with Gasteiger partial charge in [-0.15, -0.1) is 0 Å². The first-order valence-corrected chi connectivity index (χ1v) is 5.54. The van der Waals surface area contributed by atoms with Crippen molar-refractivity contribution in [2.75, 3.05) is 14.2 Å². The van der Waals surface area contributed by atoms with Crippen molar-refractivity contribution < 1.29 is 19.4 Å². The number of carbonyl (C=O) groups is 1. The van der Waals surface area contributed by atoms with Gasteiger partial charge in [0.25, 0.3) is 0 Å². The number of rotatable bonds is 4. The van der Waals surface area contributed by atoms with Gasteiger partial charge in [0.2, 0.25) is 0 Å². The van der Waals surface area contributed by atoms with E-state index >= 15 is 0 Å². The Morgan fingerprint density at radius 3 is 2.56 bits per heavy atom. The van der Waals surface area contributed by atoms with E-state index in [-0.39, 0.29) is 12.4 Å². The van der Waals surface area contributed by atoms with Gasteiger partial charge in [-0.2, -0.15) is 0 Å². The van der Waals surface area contributed by atoms with E-state index in [0.29, 0.717) is 12.0 Å². The van der Waals surface area contributed by atoms with Gasteiger partial charge in [-0.1, -0.05) is 24.0 Å². The van der Waals surface area contributed by atoms with E-state index in [1.54, 1.807) is 31.4 Å². The van der Waals surface area contributed by atoms with Gasteiger partial charge in [0, 0.05) is 6.42 Å². The number of aliphatic hydroxyl groups is 1. The van der Waals surface area contributed by atoms with Crippen molar-refractivity contribution in [3.8, 4) is 17.6 Å². The first-order valence-electron chi connectivity index (χ1n) is 5.54. The second-order valence-electron chi connectivity index (χ2n) is 3.57. The summed E-state index contributed by atoms with van der Waals surface area (Å²) in [4.78, 5) is 10.8. The molecule has 0 heterocycles. The van der Waals surface area contributed by atoms with Gasteiger partial charge in [-0.05, 0) is 17.7 Å². The van der Waals surface area contributed by atoms with Crippen molar-refractivity contribution in [2.24, 2.45) is 0 Å². The maximum atomic E-state index is 10.8. The zero-order chi connectivity index (χ0) is 13.4. The lowest BCUT2D eigenvalue weighted by Gasteiger charge is -2.04. The number of esters is 1. The molecule has 96 valence electrons. The Morgan fingerprint density at radius 1 is 1.33 bits per heavy atom. The number of benzene rings is 1. The molecule has 1 rings (SSSR count). The average Bonchev–Trinajstić information content (AvgIpc) is 2.43. The molecule has 0 amide bonds. The van der Waals surface area contributed by atoms with E-state index in [9.17, 15) is 9.90 Å². The third kappa shape index (κ3) is 4.48. The minimum atomic E-state index is -0.853. The topological polar surface area (TPSA) is 55.8 Å². The van der Waals surface area contributed by atoms with Gasteiger partial charge in [0.05, 0.1) is 20.6 Å². The Labute approximate surface area is 107 Å². The van der Waals surface area contributed by atoms with Crippen LogP contribution in [0.1, 0.15) is 24.5 Å². The van der Waals surface area contributed by atoms with Crippen LogP contribution < -0.4 is 4.74 Å². The molecule has 0 fully saturated rings. The molecule has 1 aromatic rings. The third-order valence-electron chi connectivity index (χ3n) is 2.35. The number of hydrogen-bond acceptors (Lipinski definition) is 4. The Bertz CT molecular complexity index is 439. The molecule has 1 atom stereocenters. The molecule has 0 aliphatic heterocycles. The quantitative estimate of drug-likeness (QED) is 0.650. The molecule has 0 aliphatic rings. The molecular formula is C14H16O4. The lowest BCUT2D eigenvalue weighted by Crippen LogP contribution is -1.98. The summed E-state index contributed by atoms with van der Waals surface area (Å²) in [5.41, 5.74) is 0.696. The summed E-state index contributed by atoms with van der Waals surface area (Å²) >= 11 is 0. The van der Waals surface area contributed by atoms with Crippen molar-refractivity contribution in [1.82, 2.24) is 0 Å². The van der Waals surface area contributed by atoms with Gasteiger partial charge in [-0.25, -0.2) is 0 Å². The predicted octanol–water partition coefficient (Wildman–Crippen LogP) is 1.69. The Hall–Kier alpha value is -1.99. The molecule has 1 aromatic carbocycles. The maximum Gasteiger partial charge on any atom is 0.306 e. The van der Waals surface area contributed by atoms with Crippen molar-refractivity contribution in [1.29, 1.82) is 0 Å². The molecular weight excluding hydrogens is 232 g/mol. The predicted molar refractivity (Wildman–Crippen MR) is 67.0 cm³/mol. The zero-order valence-corrected chi connectivity index (χ0v) is 10.5. The van der Waals surface area contributed by atoms with Gasteiger partial charge in [0.1, 0.15) is 11.9 Å². The standard InChI is InChI=1S/C14H16O4/c1-17-12-9-7-11(8-10-12)13(15)5-3-4-6-14(16)18-2/h7-10,13,15H,4,6H2,1-2H3. The fourth-order valence-electron chi connectivity index (χ4n) is 1.31. The highest BCUT2D eigenvalue weighted by Gasteiger charge is 2.03. The van der Waals surface area contributed by atoms with E-state index in [4.69, 9.17) is 4.74 Å². The third-order valence-corrected chi connectivity index (χ3v) is 2.35. The number of hydrogen-bond donors (Lipinski definition) is 1. The van der Waals surface area contributed by atoms with E-state index in [0.717, 1.165) is 5.75 Å². The van der Waals surface area contributed by atoms with Crippen LogP contribution in [-0.2, 0) is 9.53 Å². The molecule has 0 aliphatic carbocycles. The second-order valence-corrected chi connectivity index (χ2v) is 3.57. The van der Waals surface area contributed by atoms with Crippen LogP contribution in [0.2, 0.25) is 0 Å². The molecule has 18 heavy (non-hydrogen) atoms. The molecule has 0 spiro atoms. The molecule has 0 saturated heterocycles. The summed E-state index contributed by atoms with van der Waals surface area (Å²) in [6.45, 7) is 0. The Morgan fingerprint density at radius 2 is 2.00 bits per heavy atom. The van der Waals surface area contributed by atoms with Crippen molar-refractivity contribution >= 4 is 5.97 Å². The lowest BCUT2D eigenvalue weighted by molar-refractivity contribution is -0.140. The Kier molecular flexibility index (Phi) is 5.75. The average molecular weight is 248 g/mol. The Balaban J connectivity index is 2.51. The highest BCUT2D eigenvalue weighted by atomic mass is 16.5. The first-order chi connectivity index (χ1) is 8.67. The van der Waals surface area contributed by atoms with Crippen LogP contribution in [0.5, 0.6) is 5.75 Å². The molecule has 4 nitrogen and oxygen atoms in total. The highest BCUT2D eigenvalue weighted by Crippen LogP contribution is 2.16. The van der Waals surface area contributed by atoms with Gasteiger partial charge < -0.3 is 14.6 Å². The number of carbonyl (C=O) groups excluding carboxylic acids is 1. The van der Waals surface area contributed by atoms with Gasteiger partial charge in [-0.3, -0.25) is 4.79 Å². The number of methoxy groups -OCH3 is 2. The van der Waals surface area contributed by atoms with Crippen LogP contribution in [0.3, 0.4) is 0 Å². The van der Waals surface area contributed by atoms with Crippen LogP contribution in [0.4, 0.5) is 0 Å². The molecule has 1 N–H and O–H groups in total. The second kappa shape index (κ2) is 7.36. The van der Waals surface area contributed by atoms with Gasteiger partial charge in [0.15, 0.2) is 0 Å². The summed E-state index contributed by atoms with van der Waals surface area (Å²) in [6.07, 6.45) is -0.243. The van der Waals surface area contributed by atoms with Crippen molar-refractivity contribution in [2.45, 2.75) is 18.9 Å². The summed E-state index contributed by atoms with van der Waals surface area (Å²) in [5, 5.41) is 9.78. The van der Waals surface area contributed by atoms with Crippen LogP contribution in [0.25, 0.3) is 0 Å². The monoisotopic (exact) mass is 248 g/mol. The largest absolute Gasteiger partial charge is 0.497 e. The molecule has 4 heteroatoms. The van der Waals surface area contributed by atoms with Crippen LogP contribution >= 0.6 is 0 Å². The minimum Gasteiger partial charge on any atom is -0.497 e. The summed E-state index contributed by atoms with van der Waals surface area (Å²) in [5.74, 6) is 5.84. The van der Waals surface area contributed by atoms with E-state index in [1.165, 1.54) is 7.11 Å². The zero-order valence-electron chi connectivity index (χ0n) is 10.5. The highest BCUT2D eigenvalue weighted by molar-refractivity contribution is 5.69. The molecule has 0 radical (unpaired) electrons. The first kappa shape index (κ1) is 14.1. The van der Waals surface area contributed by atoms with Crippen LogP contribution in [0, 0.1) is 11.8 Å². The fraction of sp³-hybridized carbons (Fsp3) is 0.357. The van der Waals surface area contributed by atoms with E-state index < -0.39 is 6.10 Å². The minimum absolute atomic E-state index is 0.235. The normalized spacial score (nSPS) is 11.1. The lowest BCUT2D eigenvalue weighted by atomic mass is 10.1. The molecule has 0 aromatic heterocycles. The van der Waals surface area contributed by atoms with Crippen molar-refractivity contribution in [3.05, 3.63) is 29.8 Å². The summed E-state index contributed by atoms with van der Waals surface area (Å²) in [7, 11) is 2.92. The summed E-state index contributed by atoms with van der Waals surface area (Å²) < 4.78 is 9.50. The maximum absolute atomic E-state index is 10.8. The van der Waals surface area contributed by atoms with Crippen LogP contribution in [-0.4, -0.2) is 25.3 Å².